The molecule has 0 spiro atoms. The van der Waals surface area contributed by atoms with E-state index in [1.165, 1.54) is 4.31 Å². The smallest absolute Gasteiger partial charge is 0.218 e. The Bertz CT molecular complexity index is 554. The molecule has 1 fully saturated rings. The number of rotatable bonds is 7. The van der Waals surface area contributed by atoms with Crippen LogP contribution in [0, 0.1) is 0 Å². The molecule has 3 N–H and O–H groups in total. The maximum Gasteiger partial charge on any atom is 0.218 e. The molecule has 21 heavy (non-hydrogen) atoms. The van der Waals surface area contributed by atoms with Gasteiger partial charge in [-0.15, -0.1) is 0 Å². The molecule has 0 heterocycles. The van der Waals surface area contributed by atoms with Crippen LogP contribution < -0.4 is 5.73 Å². The first-order valence-electron chi connectivity index (χ1n) is 7.45. The van der Waals surface area contributed by atoms with Gasteiger partial charge in [0.15, 0.2) is 0 Å². The van der Waals surface area contributed by atoms with Gasteiger partial charge >= 0.3 is 0 Å². The van der Waals surface area contributed by atoms with Crippen molar-refractivity contribution in [1.82, 2.24) is 4.31 Å². The van der Waals surface area contributed by atoms with Gasteiger partial charge in [0.25, 0.3) is 0 Å². The van der Waals surface area contributed by atoms with E-state index >= 15 is 0 Å². The lowest BCUT2D eigenvalue weighted by molar-refractivity contribution is 0.226. The molecule has 5 nitrogen and oxygen atoms in total. The largest absolute Gasteiger partial charge is 0.395 e. The molecule has 1 aliphatic carbocycles. The van der Waals surface area contributed by atoms with E-state index in [4.69, 9.17) is 5.73 Å². The Balaban J connectivity index is 2.17. The second kappa shape index (κ2) is 7.35. The van der Waals surface area contributed by atoms with Crippen LogP contribution in [0.3, 0.4) is 0 Å². The van der Waals surface area contributed by atoms with Crippen LogP contribution in [0.4, 0.5) is 0 Å². The fraction of sp³-hybridized carbons (Fsp3) is 0.600. The summed E-state index contributed by atoms with van der Waals surface area (Å²) in [6.07, 6.45) is 3.90. The second-order valence-electron chi connectivity index (χ2n) is 5.55. The highest BCUT2D eigenvalue weighted by Gasteiger charge is 2.31. The summed E-state index contributed by atoms with van der Waals surface area (Å²) in [7, 11) is -3.41. The first-order chi connectivity index (χ1) is 10.1. The van der Waals surface area contributed by atoms with Crippen molar-refractivity contribution in [3.8, 4) is 0 Å². The summed E-state index contributed by atoms with van der Waals surface area (Å²) in [6.45, 7) is 0.443. The molecule has 1 aromatic rings. The van der Waals surface area contributed by atoms with Crippen LogP contribution in [0.1, 0.15) is 36.8 Å². The predicted molar refractivity (Wildman–Crippen MR) is 83.0 cm³/mol. The van der Waals surface area contributed by atoms with E-state index in [0.29, 0.717) is 6.54 Å². The Labute approximate surface area is 126 Å². The SMILES string of the molecule is NCc1cccc(CS(=O)(=O)N(CCO)C2CCCC2)c1. The highest BCUT2D eigenvalue weighted by atomic mass is 32.2. The van der Waals surface area contributed by atoms with Gasteiger partial charge in [0.1, 0.15) is 0 Å². The first-order valence-corrected chi connectivity index (χ1v) is 9.06. The van der Waals surface area contributed by atoms with Crippen LogP contribution in [0.15, 0.2) is 24.3 Å². The average Bonchev–Trinajstić information content (AvgIpc) is 2.98. The molecule has 0 bridgehead atoms. The van der Waals surface area contributed by atoms with Crippen LogP contribution >= 0.6 is 0 Å². The van der Waals surface area contributed by atoms with E-state index in [-0.39, 0.29) is 24.9 Å². The van der Waals surface area contributed by atoms with Gasteiger partial charge in [-0.2, -0.15) is 4.31 Å². The highest BCUT2D eigenvalue weighted by Crippen LogP contribution is 2.26. The van der Waals surface area contributed by atoms with Crippen molar-refractivity contribution in [3.05, 3.63) is 35.4 Å². The minimum atomic E-state index is -3.41. The van der Waals surface area contributed by atoms with Crippen molar-refractivity contribution in [2.45, 2.75) is 44.0 Å². The van der Waals surface area contributed by atoms with Crippen molar-refractivity contribution >= 4 is 10.0 Å². The second-order valence-corrected chi connectivity index (χ2v) is 7.47. The normalized spacial score (nSPS) is 16.7. The summed E-state index contributed by atoms with van der Waals surface area (Å²) < 4.78 is 26.8. The molecule has 2 rings (SSSR count). The van der Waals surface area contributed by atoms with E-state index in [0.717, 1.165) is 36.8 Å². The zero-order chi connectivity index (χ0) is 15.3. The Morgan fingerprint density at radius 3 is 2.52 bits per heavy atom. The van der Waals surface area contributed by atoms with Crippen molar-refractivity contribution < 1.29 is 13.5 Å². The first kappa shape index (κ1) is 16.4. The summed E-state index contributed by atoms with van der Waals surface area (Å²) in [5, 5.41) is 9.19. The fourth-order valence-corrected chi connectivity index (χ4v) is 4.77. The molecular formula is C15H24N2O3S. The van der Waals surface area contributed by atoms with Crippen LogP contribution in [0.25, 0.3) is 0 Å². The monoisotopic (exact) mass is 312 g/mol. The van der Waals surface area contributed by atoms with Gasteiger partial charge in [-0.3, -0.25) is 0 Å². The van der Waals surface area contributed by atoms with Crippen LogP contribution in [0.5, 0.6) is 0 Å². The summed E-state index contributed by atoms with van der Waals surface area (Å²) in [6, 6.07) is 7.41. The van der Waals surface area contributed by atoms with Gasteiger partial charge < -0.3 is 10.8 Å². The number of aliphatic hydroxyl groups is 1. The van der Waals surface area contributed by atoms with Crippen LogP contribution in [0.2, 0.25) is 0 Å². The molecule has 6 heteroatoms. The molecular weight excluding hydrogens is 288 g/mol. The van der Waals surface area contributed by atoms with Gasteiger partial charge in [-0.05, 0) is 24.0 Å². The molecule has 0 saturated heterocycles. The maximum absolute atomic E-state index is 12.7. The van der Waals surface area contributed by atoms with E-state index < -0.39 is 10.0 Å². The maximum atomic E-state index is 12.7. The van der Waals surface area contributed by atoms with Crippen LogP contribution in [-0.2, 0) is 22.3 Å². The minimum Gasteiger partial charge on any atom is -0.395 e. The number of nitrogens with two attached hydrogens (primary N) is 1. The number of sulfonamides is 1. The van der Waals surface area contributed by atoms with Crippen molar-refractivity contribution in [2.75, 3.05) is 13.2 Å². The fourth-order valence-electron chi connectivity index (χ4n) is 2.98. The zero-order valence-electron chi connectivity index (χ0n) is 12.2. The molecule has 118 valence electrons. The lowest BCUT2D eigenvalue weighted by atomic mass is 10.1. The quantitative estimate of drug-likeness (QED) is 0.793. The standard InChI is InChI=1S/C15H24N2O3S/c16-11-13-4-3-5-14(10-13)12-21(19,20)17(8-9-18)15-6-1-2-7-15/h3-5,10,15,18H,1-2,6-9,11-12,16H2. The Kier molecular flexibility index (Phi) is 5.75. The molecule has 0 radical (unpaired) electrons. The van der Waals surface area contributed by atoms with E-state index in [1.54, 1.807) is 0 Å². The highest BCUT2D eigenvalue weighted by molar-refractivity contribution is 7.88. The average molecular weight is 312 g/mol. The van der Waals surface area contributed by atoms with E-state index in [1.807, 2.05) is 24.3 Å². The number of hydrogen-bond acceptors (Lipinski definition) is 4. The van der Waals surface area contributed by atoms with Crippen LogP contribution in [-0.4, -0.2) is 37.0 Å². The van der Waals surface area contributed by atoms with Crippen molar-refractivity contribution in [2.24, 2.45) is 5.73 Å². The molecule has 0 atom stereocenters. The summed E-state index contributed by atoms with van der Waals surface area (Å²) in [5.41, 5.74) is 7.27. The van der Waals surface area contributed by atoms with Gasteiger partial charge in [-0.1, -0.05) is 37.1 Å². The number of aliphatic hydroxyl groups excluding tert-OH is 1. The minimum absolute atomic E-state index is 0.0304. The van der Waals surface area contributed by atoms with Crippen molar-refractivity contribution in [1.29, 1.82) is 0 Å². The molecule has 1 aromatic carbocycles. The number of benzene rings is 1. The van der Waals surface area contributed by atoms with E-state index in [9.17, 15) is 13.5 Å². The topological polar surface area (TPSA) is 83.6 Å². The molecule has 0 aromatic heterocycles. The zero-order valence-corrected chi connectivity index (χ0v) is 13.1. The Morgan fingerprint density at radius 1 is 1.24 bits per heavy atom. The third-order valence-electron chi connectivity index (χ3n) is 3.99. The third kappa shape index (κ3) is 4.26. The molecule has 0 aliphatic heterocycles. The molecule has 0 unspecified atom stereocenters. The number of nitrogens with zero attached hydrogens (tertiary/aromatic N) is 1. The summed E-state index contributed by atoms with van der Waals surface area (Å²) in [5.74, 6) is -0.0304. The van der Waals surface area contributed by atoms with Crippen molar-refractivity contribution in [3.63, 3.8) is 0 Å². The third-order valence-corrected chi connectivity index (χ3v) is 5.88. The Morgan fingerprint density at radius 2 is 1.90 bits per heavy atom. The van der Waals surface area contributed by atoms with Gasteiger partial charge in [-0.25, -0.2) is 8.42 Å². The molecule has 0 amide bonds. The number of hydrogen-bond donors (Lipinski definition) is 2. The lowest BCUT2D eigenvalue weighted by Crippen LogP contribution is -2.41. The van der Waals surface area contributed by atoms with E-state index in [2.05, 4.69) is 0 Å². The molecule has 1 saturated carbocycles. The molecule has 1 aliphatic rings. The van der Waals surface area contributed by atoms with Gasteiger partial charge in [0, 0.05) is 19.1 Å². The van der Waals surface area contributed by atoms with Gasteiger partial charge in [0.2, 0.25) is 10.0 Å². The summed E-state index contributed by atoms with van der Waals surface area (Å²) in [4.78, 5) is 0. The van der Waals surface area contributed by atoms with Gasteiger partial charge in [0.05, 0.1) is 12.4 Å². The predicted octanol–water partition coefficient (Wildman–Crippen LogP) is 1.21. The summed E-state index contributed by atoms with van der Waals surface area (Å²) >= 11 is 0. The lowest BCUT2D eigenvalue weighted by Gasteiger charge is -2.27. The Hall–Kier alpha value is -0.950.